The lowest BCUT2D eigenvalue weighted by atomic mass is 10.0. The molecule has 0 saturated heterocycles. The standard InChI is InChI=1S/C29H35ClN6O3S/c1-18(2)39-26-15-19(3)21(23-12-8-7-11-20(4)32-23)16-25(26)34-29-31-17-22(30)28(35-29)33-24-13-9-10-14-27(24)40(37,38)36(5)6/h9-10,12-18H,7-8,11H2,1-6H3,(H2,31,33,34,35). The summed E-state index contributed by atoms with van der Waals surface area (Å²) in [6.07, 6.45) is 6.59. The number of hydrogen-bond acceptors (Lipinski definition) is 8. The van der Waals surface area contributed by atoms with Crippen molar-refractivity contribution in [2.75, 3.05) is 24.7 Å². The molecular weight excluding hydrogens is 548 g/mol. The van der Waals surface area contributed by atoms with Crippen LogP contribution in [0, 0.1) is 6.92 Å². The molecule has 0 bridgehead atoms. The molecule has 0 saturated carbocycles. The highest BCUT2D eigenvalue weighted by Gasteiger charge is 2.22. The van der Waals surface area contributed by atoms with Gasteiger partial charge in [0.05, 0.1) is 29.4 Å². The van der Waals surface area contributed by atoms with E-state index in [0.717, 1.165) is 46.1 Å². The minimum atomic E-state index is -3.71. The number of rotatable bonds is 9. The Morgan fingerprint density at radius 1 is 1.07 bits per heavy atom. The number of ether oxygens (including phenoxy) is 1. The van der Waals surface area contributed by atoms with Gasteiger partial charge in [-0.15, -0.1) is 0 Å². The van der Waals surface area contributed by atoms with Crippen molar-refractivity contribution in [3.63, 3.8) is 0 Å². The van der Waals surface area contributed by atoms with Crippen LogP contribution < -0.4 is 15.4 Å². The van der Waals surface area contributed by atoms with Crippen LogP contribution in [0.15, 0.2) is 58.6 Å². The van der Waals surface area contributed by atoms with Crippen LogP contribution in [0.1, 0.15) is 51.2 Å². The van der Waals surface area contributed by atoms with Gasteiger partial charge in [0.1, 0.15) is 15.7 Å². The van der Waals surface area contributed by atoms with Crippen molar-refractivity contribution >= 4 is 56.2 Å². The van der Waals surface area contributed by atoms with Crippen molar-refractivity contribution in [2.45, 2.75) is 58.0 Å². The lowest BCUT2D eigenvalue weighted by molar-refractivity contribution is 0.243. The minimum absolute atomic E-state index is 0.0540. The smallest absolute Gasteiger partial charge is 0.244 e. The van der Waals surface area contributed by atoms with Gasteiger partial charge in [-0.05, 0) is 76.8 Å². The summed E-state index contributed by atoms with van der Waals surface area (Å²) in [6, 6.07) is 10.6. The number of halogens is 1. The Balaban J connectivity index is 1.73. The molecule has 9 nitrogen and oxygen atoms in total. The summed E-state index contributed by atoms with van der Waals surface area (Å²) in [7, 11) is -0.742. The van der Waals surface area contributed by atoms with E-state index in [1.807, 2.05) is 32.9 Å². The Morgan fingerprint density at radius 2 is 1.82 bits per heavy atom. The molecule has 11 heteroatoms. The first-order chi connectivity index (χ1) is 19.0. The monoisotopic (exact) mass is 582 g/mol. The first-order valence-electron chi connectivity index (χ1n) is 13.1. The number of aliphatic imine (C=N–C) groups is 1. The molecule has 3 aromatic rings. The van der Waals surface area contributed by atoms with E-state index in [1.165, 1.54) is 26.4 Å². The molecule has 2 aromatic carbocycles. The third kappa shape index (κ3) is 6.80. The highest BCUT2D eigenvalue weighted by molar-refractivity contribution is 7.89. The van der Waals surface area contributed by atoms with E-state index >= 15 is 0 Å². The predicted octanol–water partition coefficient (Wildman–Crippen LogP) is 6.95. The first-order valence-corrected chi connectivity index (χ1v) is 14.9. The summed E-state index contributed by atoms with van der Waals surface area (Å²) in [4.78, 5) is 13.9. The second-order valence-corrected chi connectivity index (χ2v) is 12.6. The number of para-hydroxylation sites is 1. The number of aromatic nitrogens is 2. The lowest BCUT2D eigenvalue weighted by Gasteiger charge is -2.19. The Hall–Kier alpha value is -3.47. The van der Waals surface area contributed by atoms with E-state index in [-0.39, 0.29) is 27.8 Å². The molecule has 2 N–H and O–H groups in total. The van der Waals surface area contributed by atoms with E-state index in [0.29, 0.717) is 17.1 Å². The Bertz CT molecular complexity index is 1570. The summed E-state index contributed by atoms with van der Waals surface area (Å²) in [5.74, 6) is 1.17. The third-order valence-electron chi connectivity index (χ3n) is 6.25. The fraction of sp³-hybridized carbons (Fsp3) is 0.345. The van der Waals surface area contributed by atoms with E-state index in [4.69, 9.17) is 21.3 Å². The Labute approximate surface area is 241 Å². The van der Waals surface area contributed by atoms with Crippen LogP contribution in [0.5, 0.6) is 5.75 Å². The highest BCUT2D eigenvalue weighted by Crippen LogP contribution is 2.36. The van der Waals surface area contributed by atoms with Gasteiger partial charge in [0.25, 0.3) is 0 Å². The fourth-order valence-electron chi connectivity index (χ4n) is 4.24. The Morgan fingerprint density at radius 3 is 2.55 bits per heavy atom. The van der Waals surface area contributed by atoms with Crippen LogP contribution in [-0.2, 0) is 10.0 Å². The van der Waals surface area contributed by atoms with Crippen LogP contribution in [0.25, 0.3) is 5.70 Å². The molecule has 0 spiro atoms. The van der Waals surface area contributed by atoms with E-state index < -0.39 is 10.0 Å². The average Bonchev–Trinajstić information content (AvgIpc) is 3.11. The second kappa shape index (κ2) is 12.4. The number of allylic oxidation sites excluding steroid dienone is 1. The summed E-state index contributed by atoms with van der Waals surface area (Å²) in [5, 5.41) is 6.59. The lowest BCUT2D eigenvalue weighted by Crippen LogP contribution is -2.23. The molecule has 1 aromatic heterocycles. The van der Waals surface area contributed by atoms with Gasteiger partial charge >= 0.3 is 0 Å². The van der Waals surface area contributed by atoms with Gasteiger partial charge in [-0.1, -0.05) is 29.8 Å². The number of hydrogen-bond donors (Lipinski definition) is 2. The van der Waals surface area contributed by atoms with Crippen LogP contribution in [0.2, 0.25) is 5.02 Å². The van der Waals surface area contributed by atoms with E-state index in [1.54, 1.807) is 18.2 Å². The molecule has 1 aliphatic rings. The van der Waals surface area contributed by atoms with Crippen LogP contribution in [0.4, 0.5) is 23.1 Å². The van der Waals surface area contributed by atoms with Gasteiger partial charge < -0.3 is 15.4 Å². The second-order valence-electron chi connectivity index (χ2n) is 10.1. The maximum atomic E-state index is 12.9. The molecular formula is C29H35ClN6O3S. The van der Waals surface area contributed by atoms with Crippen molar-refractivity contribution in [1.29, 1.82) is 0 Å². The molecule has 1 aliphatic heterocycles. The van der Waals surface area contributed by atoms with Crippen molar-refractivity contribution < 1.29 is 13.2 Å². The summed E-state index contributed by atoms with van der Waals surface area (Å²) < 4.78 is 33.0. The average molecular weight is 583 g/mol. The largest absolute Gasteiger partial charge is 0.489 e. The first kappa shape index (κ1) is 29.5. The number of nitrogens with one attached hydrogen (secondary N) is 2. The zero-order valence-corrected chi connectivity index (χ0v) is 25.2. The van der Waals surface area contributed by atoms with E-state index in [9.17, 15) is 8.42 Å². The van der Waals surface area contributed by atoms with Crippen LogP contribution in [-0.4, -0.2) is 48.6 Å². The molecule has 212 valence electrons. The third-order valence-corrected chi connectivity index (χ3v) is 8.40. The van der Waals surface area contributed by atoms with Crippen molar-refractivity contribution in [3.8, 4) is 5.75 Å². The minimum Gasteiger partial charge on any atom is -0.489 e. The molecule has 0 amide bonds. The normalized spacial score (nSPS) is 14.0. The molecule has 0 fully saturated rings. The van der Waals surface area contributed by atoms with Crippen molar-refractivity contribution in [1.82, 2.24) is 14.3 Å². The highest BCUT2D eigenvalue weighted by atomic mass is 35.5. The molecule has 40 heavy (non-hydrogen) atoms. The molecule has 2 heterocycles. The summed E-state index contributed by atoms with van der Waals surface area (Å²) >= 11 is 6.43. The molecule has 0 atom stereocenters. The van der Waals surface area contributed by atoms with Crippen molar-refractivity contribution in [3.05, 3.63) is 64.8 Å². The zero-order valence-electron chi connectivity index (χ0n) is 23.6. The van der Waals surface area contributed by atoms with Gasteiger partial charge in [0.15, 0.2) is 5.82 Å². The molecule has 0 unspecified atom stereocenters. The van der Waals surface area contributed by atoms with Gasteiger partial charge in [-0.3, -0.25) is 4.99 Å². The van der Waals surface area contributed by atoms with Gasteiger partial charge in [0.2, 0.25) is 16.0 Å². The van der Waals surface area contributed by atoms with Crippen molar-refractivity contribution in [2.24, 2.45) is 4.99 Å². The SMILES string of the molecule is CC1=NC(c2cc(Nc3ncc(Cl)c(Nc4ccccc4S(=O)(=O)N(C)C)n3)c(OC(C)C)cc2C)=CCCC1. The van der Waals surface area contributed by atoms with Gasteiger partial charge in [0, 0.05) is 25.4 Å². The fourth-order valence-corrected chi connectivity index (χ4v) is 5.41. The number of nitrogens with zero attached hydrogens (tertiary/aromatic N) is 4. The number of aryl methyl sites for hydroxylation is 1. The quantitative estimate of drug-likeness (QED) is 0.281. The zero-order chi connectivity index (χ0) is 29.0. The summed E-state index contributed by atoms with van der Waals surface area (Å²) in [5.41, 5.74) is 5.10. The molecule has 0 radical (unpaired) electrons. The van der Waals surface area contributed by atoms with Crippen LogP contribution in [0.3, 0.4) is 0 Å². The van der Waals surface area contributed by atoms with Crippen LogP contribution >= 0.6 is 11.6 Å². The number of benzene rings is 2. The van der Waals surface area contributed by atoms with Gasteiger partial charge in [-0.2, -0.15) is 4.98 Å². The number of sulfonamides is 1. The number of anilines is 4. The maximum Gasteiger partial charge on any atom is 0.244 e. The predicted molar refractivity (Wildman–Crippen MR) is 163 cm³/mol. The summed E-state index contributed by atoms with van der Waals surface area (Å²) in [6.45, 7) is 8.04. The molecule has 0 aliphatic carbocycles. The maximum absolute atomic E-state index is 12.9. The Kier molecular flexibility index (Phi) is 9.12. The topological polar surface area (TPSA) is 109 Å². The van der Waals surface area contributed by atoms with E-state index in [2.05, 4.69) is 33.6 Å². The molecule has 4 rings (SSSR count). The van der Waals surface area contributed by atoms with Gasteiger partial charge in [-0.25, -0.2) is 17.7 Å².